The maximum absolute atomic E-state index is 8.86. The van der Waals surface area contributed by atoms with Gasteiger partial charge in [-0.15, -0.1) is 0 Å². The lowest BCUT2D eigenvalue weighted by molar-refractivity contribution is 0.0975. The minimum Gasteiger partial charge on any atom is -0.314 e. The molecule has 0 radical (unpaired) electrons. The molecule has 0 amide bonds. The maximum atomic E-state index is 8.86. The van der Waals surface area contributed by atoms with E-state index in [2.05, 4.69) is 24.8 Å². The quantitative estimate of drug-likeness (QED) is 0.772. The first kappa shape index (κ1) is 12.5. The lowest BCUT2D eigenvalue weighted by atomic mass is 9.95. The van der Waals surface area contributed by atoms with Crippen LogP contribution in [-0.4, -0.2) is 29.1 Å². The van der Waals surface area contributed by atoms with Gasteiger partial charge in [-0.1, -0.05) is 6.42 Å². The van der Waals surface area contributed by atoms with Gasteiger partial charge in [0.15, 0.2) is 0 Å². The molecule has 3 unspecified atom stereocenters. The summed E-state index contributed by atoms with van der Waals surface area (Å²) in [4.78, 5) is 2.49. The van der Waals surface area contributed by atoms with Crippen LogP contribution in [0.3, 0.4) is 0 Å². The van der Waals surface area contributed by atoms with Gasteiger partial charge in [0, 0.05) is 18.6 Å². The largest absolute Gasteiger partial charge is 0.314 e. The van der Waals surface area contributed by atoms with Gasteiger partial charge < -0.3 is 5.73 Å². The summed E-state index contributed by atoms with van der Waals surface area (Å²) in [6.45, 7) is 7.31. The molecule has 3 atom stereocenters. The Balaban J connectivity index is 2.46. The van der Waals surface area contributed by atoms with E-state index in [-0.39, 0.29) is 0 Å². The maximum Gasteiger partial charge on any atom is 0.102 e. The standard InChI is InChI=1S/C12H23N3/c1-10-5-4-6-11(2)15(10)8-7-12(3,14)9-13/h10-11H,4-8,14H2,1-3H3. The molecular weight excluding hydrogens is 186 g/mol. The average Bonchev–Trinajstić information content (AvgIpc) is 2.17. The van der Waals surface area contributed by atoms with Crippen molar-refractivity contribution in [2.24, 2.45) is 5.73 Å². The topological polar surface area (TPSA) is 53.0 Å². The molecule has 15 heavy (non-hydrogen) atoms. The van der Waals surface area contributed by atoms with Crippen molar-refractivity contribution in [3.63, 3.8) is 0 Å². The Morgan fingerprint density at radius 2 is 1.93 bits per heavy atom. The Morgan fingerprint density at radius 1 is 1.40 bits per heavy atom. The zero-order valence-corrected chi connectivity index (χ0v) is 10.2. The highest BCUT2D eigenvalue weighted by molar-refractivity contribution is 5.01. The number of nitrogens with zero attached hydrogens (tertiary/aromatic N) is 2. The van der Waals surface area contributed by atoms with E-state index in [0.29, 0.717) is 12.1 Å². The van der Waals surface area contributed by atoms with Crippen LogP contribution >= 0.6 is 0 Å². The molecule has 0 aromatic heterocycles. The molecule has 2 N–H and O–H groups in total. The first-order chi connectivity index (χ1) is 6.96. The van der Waals surface area contributed by atoms with Crippen molar-refractivity contribution < 1.29 is 0 Å². The second-order valence-corrected chi connectivity index (χ2v) is 5.15. The summed E-state index contributed by atoms with van der Waals surface area (Å²) >= 11 is 0. The van der Waals surface area contributed by atoms with Gasteiger partial charge in [-0.25, -0.2) is 0 Å². The lowest BCUT2D eigenvalue weighted by Gasteiger charge is -2.39. The van der Waals surface area contributed by atoms with Crippen molar-refractivity contribution in [1.82, 2.24) is 4.90 Å². The Hall–Kier alpha value is -0.590. The molecule has 1 rings (SSSR count). The summed E-state index contributed by atoms with van der Waals surface area (Å²) in [6.07, 6.45) is 4.64. The van der Waals surface area contributed by atoms with Crippen molar-refractivity contribution in [3.8, 4) is 6.07 Å². The third-order valence-corrected chi connectivity index (χ3v) is 3.52. The number of hydrogen-bond donors (Lipinski definition) is 1. The van der Waals surface area contributed by atoms with E-state index in [1.54, 1.807) is 0 Å². The second-order valence-electron chi connectivity index (χ2n) is 5.15. The van der Waals surface area contributed by atoms with Crippen LogP contribution in [-0.2, 0) is 0 Å². The minimum atomic E-state index is -0.670. The van der Waals surface area contributed by atoms with E-state index in [0.717, 1.165) is 13.0 Å². The van der Waals surface area contributed by atoms with Crippen LogP contribution in [0.4, 0.5) is 0 Å². The first-order valence-electron chi connectivity index (χ1n) is 5.92. The highest BCUT2D eigenvalue weighted by Gasteiger charge is 2.27. The number of nitrogens with two attached hydrogens (primary N) is 1. The van der Waals surface area contributed by atoms with Crippen LogP contribution in [0, 0.1) is 11.3 Å². The van der Waals surface area contributed by atoms with E-state index < -0.39 is 5.54 Å². The van der Waals surface area contributed by atoms with Crippen molar-refractivity contribution in [3.05, 3.63) is 0 Å². The zero-order valence-electron chi connectivity index (χ0n) is 10.2. The molecule has 0 bridgehead atoms. The summed E-state index contributed by atoms with van der Waals surface area (Å²) in [5.74, 6) is 0. The predicted octanol–water partition coefficient (Wildman–Crippen LogP) is 1.88. The SMILES string of the molecule is CC1CCCC(C)N1CCC(C)(N)C#N. The van der Waals surface area contributed by atoms with Gasteiger partial charge in [0.1, 0.15) is 5.54 Å². The summed E-state index contributed by atoms with van der Waals surface area (Å²) in [6, 6.07) is 3.45. The fraction of sp³-hybridized carbons (Fsp3) is 0.917. The number of nitriles is 1. The second kappa shape index (κ2) is 4.96. The Morgan fingerprint density at radius 3 is 2.40 bits per heavy atom. The monoisotopic (exact) mass is 209 g/mol. The number of piperidine rings is 1. The molecule has 1 saturated heterocycles. The van der Waals surface area contributed by atoms with E-state index >= 15 is 0 Å². The van der Waals surface area contributed by atoms with E-state index in [1.807, 2.05) is 6.92 Å². The molecule has 0 aliphatic carbocycles. The number of hydrogen-bond acceptors (Lipinski definition) is 3. The van der Waals surface area contributed by atoms with Gasteiger partial charge in [0.2, 0.25) is 0 Å². The molecule has 3 heteroatoms. The van der Waals surface area contributed by atoms with Gasteiger partial charge in [-0.05, 0) is 40.0 Å². The molecule has 0 aromatic carbocycles. The summed E-state index contributed by atoms with van der Waals surface area (Å²) < 4.78 is 0. The van der Waals surface area contributed by atoms with E-state index in [1.165, 1.54) is 19.3 Å². The van der Waals surface area contributed by atoms with Crippen LogP contribution in [0.15, 0.2) is 0 Å². The fourth-order valence-electron chi connectivity index (χ4n) is 2.33. The van der Waals surface area contributed by atoms with Crippen LogP contribution in [0.1, 0.15) is 46.5 Å². The van der Waals surface area contributed by atoms with Gasteiger partial charge in [-0.3, -0.25) is 4.90 Å². The van der Waals surface area contributed by atoms with Gasteiger partial charge in [0.25, 0.3) is 0 Å². The zero-order chi connectivity index (χ0) is 11.5. The molecule has 1 aliphatic rings. The van der Waals surface area contributed by atoms with Gasteiger partial charge in [0.05, 0.1) is 6.07 Å². The molecule has 0 saturated carbocycles. The summed E-state index contributed by atoms with van der Waals surface area (Å²) in [5.41, 5.74) is 5.17. The average molecular weight is 209 g/mol. The highest BCUT2D eigenvalue weighted by atomic mass is 15.2. The summed E-state index contributed by atoms with van der Waals surface area (Å²) in [7, 11) is 0. The first-order valence-corrected chi connectivity index (χ1v) is 5.92. The molecule has 3 nitrogen and oxygen atoms in total. The van der Waals surface area contributed by atoms with Crippen molar-refractivity contribution in [1.29, 1.82) is 5.26 Å². The fourth-order valence-corrected chi connectivity index (χ4v) is 2.33. The summed E-state index contributed by atoms with van der Waals surface area (Å²) in [5, 5.41) is 8.86. The Labute approximate surface area is 93.2 Å². The molecule has 1 aliphatic heterocycles. The van der Waals surface area contributed by atoms with Crippen molar-refractivity contribution in [2.75, 3.05) is 6.54 Å². The van der Waals surface area contributed by atoms with Crippen LogP contribution in [0.2, 0.25) is 0 Å². The molecule has 0 spiro atoms. The van der Waals surface area contributed by atoms with Gasteiger partial charge in [-0.2, -0.15) is 5.26 Å². The molecular formula is C12H23N3. The molecule has 0 aromatic rings. The Bertz CT molecular complexity index is 232. The highest BCUT2D eigenvalue weighted by Crippen LogP contribution is 2.23. The van der Waals surface area contributed by atoms with Crippen LogP contribution in [0.5, 0.6) is 0 Å². The van der Waals surface area contributed by atoms with E-state index in [9.17, 15) is 0 Å². The smallest absolute Gasteiger partial charge is 0.102 e. The molecule has 1 fully saturated rings. The van der Waals surface area contributed by atoms with Crippen LogP contribution in [0.25, 0.3) is 0 Å². The number of rotatable bonds is 3. The van der Waals surface area contributed by atoms with Gasteiger partial charge >= 0.3 is 0 Å². The number of likely N-dealkylation sites (tertiary alicyclic amines) is 1. The third-order valence-electron chi connectivity index (χ3n) is 3.52. The molecule has 1 heterocycles. The molecule has 86 valence electrons. The van der Waals surface area contributed by atoms with E-state index in [4.69, 9.17) is 11.0 Å². The predicted molar refractivity (Wildman–Crippen MR) is 62.3 cm³/mol. The lowest BCUT2D eigenvalue weighted by Crippen LogP contribution is -2.47. The normalized spacial score (nSPS) is 31.9. The van der Waals surface area contributed by atoms with Crippen molar-refractivity contribution in [2.45, 2.75) is 64.1 Å². The van der Waals surface area contributed by atoms with Crippen LogP contribution < -0.4 is 5.73 Å². The Kier molecular flexibility index (Phi) is 4.12. The third kappa shape index (κ3) is 3.48. The minimum absolute atomic E-state index is 0.642. The van der Waals surface area contributed by atoms with Crippen molar-refractivity contribution >= 4 is 0 Å².